The molecule has 0 spiro atoms. The number of hydrogen-bond donors (Lipinski definition) is 1. The van der Waals surface area contributed by atoms with Crippen molar-refractivity contribution in [1.82, 2.24) is 15.4 Å². The molecule has 0 saturated carbocycles. The highest BCUT2D eigenvalue weighted by atomic mass is 16.5. The Bertz CT molecular complexity index is 426. The van der Waals surface area contributed by atoms with Crippen LogP contribution < -0.4 is 5.73 Å². The molecular weight excluding hydrogens is 184 g/mol. The number of nitrogens with two attached hydrogens (primary N) is 1. The van der Waals surface area contributed by atoms with Gasteiger partial charge in [0.05, 0.1) is 12.1 Å². The average molecular weight is 194 g/mol. The molecule has 0 atom stereocenters. The van der Waals surface area contributed by atoms with Gasteiger partial charge in [-0.25, -0.2) is 0 Å². The van der Waals surface area contributed by atoms with Gasteiger partial charge in [-0.15, -0.1) is 5.10 Å². The zero-order chi connectivity index (χ0) is 10.1. The number of hydrogen-bond acceptors (Lipinski definition) is 6. The second-order valence-corrected chi connectivity index (χ2v) is 3.01. The average Bonchev–Trinajstić information content (AvgIpc) is 2.67. The van der Waals surface area contributed by atoms with E-state index in [2.05, 4.69) is 15.4 Å². The number of rotatable bonds is 2. The Morgan fingerprint density at radius 2 is 2.07 bits per heavy atom. The van der Waals surface area contributed by atoms with E-state index in [1.54, 1.807) is 0 Å². The third-order valence-corrected chi connectivity index (χ3v) is 1.99. The van der Waals surface area contributed by atoms with Crippen molar-refractivity contribution in [3.63, 3.8) is 0 Å². The molecule has 0 amide bonds. The largest absolute Gasteiger partial charge is 0.408 e. The molecule has 0 aliphatic rings. The smallest absolute Gasteiger partial charge is 0.312 e. The van der Waals surface area contributed by atoms with E-state index in [0.717, 1.165) is 17.0 Å². The van der Waals surface area contributed by atoms with E-state index < -0.39 is 0 Å². The summed E-state index contributed by atoms with van der Waals surface area (Å²) in [5.41, 5.74) is 7.10. The van der Waals surface area contributed by atoms with Crippen molar-refractivity contribution in [3.8, 4) is 0 Å². The summed E-state index contributed by atoms with van der Waals surface area (Å²) in [6, 6.07) is 0.0757. The van der Waals surface area contributed by atoms with Crippen LogP contribution in [0.1, 0.15) is 22.9 Å². The van der Waals surface area contributed by atoms with Gasteiger partial charge in [-0.2, -0.15) is 0 Å². The van der Waals surface area contributed by atoms with Gasteiger partial charge in [0, 0.05) is 5.56 Å². The molecule has 0 aromatic carbocycles. The molecule has 0 saturated heterocycles. The van der Waals surface area contributed by atoms with Gasteiger partial charge in [0.25, 0.3) is 0 Å². The monoisotopic (exact) mass is 194 g/mol. The second kappa shape index (κ2) is 3.13. The van der Waals surface area contributed by atoms with E-state index in [1.807, 2.05) is 13.8 Å². The van der Waals surface area contributed by atoms with Crippen LogP contribution in [0.2, 0.25) is 0 Å². The standard InChI is InChI=1S/C8H10N4O2/c1-4-6(5(2)14-12-4)3-7-10-11-8(9)13-7/h3H2,1-2H3,(H2,9,11). The van der Waals surface area contributed by atoms with Crippen LogP contribution >= 0.6 is 0 Å². The molecule has 6 nitrogen and oxygen atoms in total. The molecule has 6 heteroatoms. The van der Waals surface area contributed by atoms with E-state index in [0.29, 0.717) is 12.3 Å². The highest BCUT2D eigenvalue weighted by molar-refractivity contribution is 5.24. The molecule has 0 bridgehead atoms. The topological polar surface area (TPSA) is 91.0 Å². The van der Waals surface area contributed by atoms with E-state index >= 15 is 0 Å². The summed E-state index contributed by atoms with van der Waals surface area (Å²) in [7, 11) is 0. The summed E-state index contributed by atoms with van der Waals surface area (Å²) < 4.78 is 10.1. The summed E-state index contributed by atoms with van der Waals surface area (Å²) in [5.74, 6) is 1.23. The lowest BCUT2D eigenvalue weighted by Crippen LogP contribution is -1.91. The predicted octanol–water partition coefficient (Wildman–Crippen LogP) is 0.847. The highest BCUT2D eigenvalue weighted by Crippen LogP contribution is 2.16. The third kappa shape index (κ3) is 1.46. The number of aromatic nitrogens is 3. The van der Waals surface area contributed by atoms with Crippen molar-refractivity contribution in [2.45, 2.75) is 20.3 Å². The van der Waals surface area contributed by atoms with E-state index in [4.69, 9.17) is 14.7 Å². The van der Waals surface area contributed by atoms with Gasteiger partial charge in [-0.05, 0) is 13.8 Å². The molecule has 2 aromatic rings. The number of nitrogens with zero attached hydrogens (tertiary/aromatic N) is 3. The van der Waals surface area contributed by atoms with Gasteiger partial charge in [0.2, 0.25) is 5.89 Å². The molecule has 0 fully saturated rings. The lowest BCUT2D eigenvalue weighted by molar-refractivity contribution is 0.392. The van der Waals surface area contributed by atoms with Crippen LogP contribution in [-0.4, -0.2) is 15.4 Å². The van der Waals surface area contributed by atoms with E-state index in [1.165, 1.54) is 0 Å². The van der Waals surface area contributed by atoms with Gasteiger partial charge in [-0.1, -0.05) is 10.3 Å². The van der Waals surface area contributed by atoms with Crippen molar-refractivity contribution in [3.05, 3.63) is 22.9 Å². The normalized spacial score (nSPS) is 10.7. The molecule has 0 aliphatic carbocycles. The minimum Gasteiger partial charge on any atom is -0.408 e. The SMILES string of the molecule is Cc1noc(C)c1Cc1nnc(N)o1. The Labute approximate surface area is 80.1 Å². The lowest BCUT2D eigenvalue weighted by Gasteiger charge is -1.93. The summed E-state index contributed by atoms with van der Waals surface area (Å²) in [6.45, 7) is 3.71. The maximum Gasteiger partial charge on any atom is 0.312 e. The Morgan fingerprint density at radius 3 is 2.57 bits per heavy atom. The van der Waals surface area contributed by atoms with Gasteiger partial charge >= 0.3 is 6.01 Å². The lowest BCUT2D eigenvalue weighted by atomic mass is 10.1. The van der Waals surface area contributed by atoms with Crippen LogP contribution in [0, 0.1) is 13.8 Å². The third-order valence-electron chi connectivity index (χ3n) is 1.99. The van der Waals surface area contributed by atoms with Crippen LogP contribution in [0.3, 0.4) is 0 Å². The Kier molecular flexibility index (Phi) is 1.95. The van der Waals surface area contributed by atoms with Gasteiger partial charge < -0.3 is 14.7 Å². The zero-order valence-electron chi connectivity index (χ0n) is 7.94. The van der Waals surface area contributed by atoms with E-state index in [-0.39, 0.29) is 6.01 Å². The molecule has 0 radical (unpaired) electrons. The quantitative estimate of drug-likeness (QED) is 0.761. The Hall–Kier alpha value is -1.85. The minimum atomic E-state index is 0.0757. The van der Waals surface area contributed by atoms with Crippen molar-refractivity contribution >= 4 is 6.01 Å². The zero-order valence-corrected chi connectivity index (χ0v) is 7.94. The first-order valence-electron chi connectivity index (χ1n) is 4.16. The molecule has 2 aromatic heterocycles. The molecule has 0 aliphatic heterocycles. The number of nitrogen functional groups attached to an aromatic ring is 1. The number of anilines is 1. The molecule has 0 unspecified atom stereocenters. The van der Waals surface area contributed by atoms with E-state index in [9.17, 15) is 0 Å². The van der Waals surface area contributed by atoms with Gasteiger partial charge in [0.15, 0.2) is 0 Å². The van der Waals surface area contributed by atoms with Crippen molar-refractivity contribution in [2.75, 3.05) is 5.73 Å². The Balaban J connectivity index is 2.26. The van der Waals surface area contributed by atoms with Crippen molar-refractivity contribution in [2.24, 2.45) is 0 Å². The van der Waals surface area contributed by atoms with Crippen LogP contribution in [0.25, 0.3) is 0 Å². The maximum atomic E-state index is 5.30. The first-order valence-corrected chi connectivity index (χ1v) is 4.16. The van der Waals surface area contributed by atoms with Gasteiger partial charge in [-0.3, -0.25) is 0 Å². The second-order valence-electron chi connectivity index (χ2n) is 3.01. The minimum absolute atomic E-state index is 0.0757. The van der Waals surface area contributed by atoms with Crippen LogP contribution in [0.5, 0.6) is 0 Å². The molecular formula is C8H10N4O2. The highest BCUT2D eigenvalue weighted by Gasteiger charge is 2.13. The molecule has 74 valence electrons. The van der Waals surface area contributed by atoms with Crippen molar-refractivity contribution < 1.29 is 8.94 Å². The fourth-order valence-electron chi connectivity index (χ4n) is 1.24. The first-order chi connectivity index (χ1) is 6.66. The van der Waals surface area contributed by atoms with Gasteiger partial charge in [0.1, 0.15) is 5.76 Å². The fraction of sp³-hybridized carbons (Fsp3) is 0.375. The first kappa shape index (κ1) is 8.74. The summed E-state index contributed by atoms with van der Waals surface area (Å²) in [6.07, 6.45) is 0.505. The summed E-state index contributed by atoms with van der Waals surface area (Å²) in [5, 5.41) is 11.2. The molecule has 2 heterocycles. The van der Waals surface area contributed by atoms with Crippen LogP contribution in [0.15, 0.2) is 8.94 Å². The number of aryl methyl sites for hydroxylation is 2. The predicted molar refractivity (Wildman–Crippen MR) is 47.5 cm³/mol. The van der Waals surface area contributed by atoms with Crippen LogP contribution in [0.4, 0.5) is 6.01 Å². The molecule has 2 N–H and O–H groups in total. The summed E-state index contributed by atoms with van der Waals surface area (Å²) in [4.78, 5) is 0. The molecule has 2 rings (SSSR count). The Morgan fingerprint density at radius 1 is 1.29 bits per heavy atom. The van der Waals surface area contributed by atoms with Crippen LogP contribution in [-0.2, 0) is 6.42 Å². The fourth-order valence-corrected chi connectivity index (χ4v) is 1.24. The molecule has 14 heavy (non-hydrogen) atoms. The maximum absolute atomic E-state index is 5.30. The van der Waals surface area contributed by atoms with Crippen molar-refractivity contribution in [1.29, 1.82) is 0 Å². The summed E-state index contributed by atoms with van der Waals surface area (Å²) >= 11 is 0.